The number of carbonyl (C=O) groups is 5. The number of carbonyl (C=O) groups excluding carboxylic acids is 5. The molecule has 1 aliphatic carbocycles. The highest BCUT2D eigenvalue weighted by Gasteiger charge is 2.16. The summed E-state index contributed by atoms with van der Waals surface area (Å²) in [5.74, 6) is -1.26. The molecular formula is C43H41NO13. The monoisotopic (exact) mass is 779 g/mol. The van der Waals surface area contributed by atoms with E-state index in [1.807, 2.05) is 19.1 Å². The molecule has 4 aromatic rings. The van der Waals surface area contributed by atoms with Gasteiger partial charge in [-0.15, -0.1) is 0 Å². The molecule has 14 nitrogen and oxygen atoms in total. The van der Waals surface area contributed by atoms with Gasteiger partial charge in [-0.25, -0.2) is 33.8 Å². The van der Waals surface area contributed by atoms with E-state index in [1.165, 1.54) is 18.2 Å². The molecule has 5 rings (SSSR count). The number of nitrogens with zero attached hydrogens (tertiary/aromatic N) is 1. The summed E-state index contributed by atoms with van der Waals surface area (Å²) >= 11 is 0. The molecule has 0 bridgehead atoms. The van der Waals surface area contributed by atoms with Crippen molar-refractivity contribution in [1.82, 2.24) is 4.98 Å². The molecule has 57 heavy (non-hydrogen) atoms. The van der Waals surface area contributed by atoms with Gasteiger partial charge in [0.25, 0.3) is 0 Å². The predicted octanol–water partition coefficient (Wildman–Crippen LogP) is 7.25. The summed E-state index contributed by atoms with van der Waals surface area (Å²) < 4.78 is 35.7. The zero-order valence-corrected chi connectivity index (χ0v) is 31.5. The van der Waals surface area contributed by atoms with Gasteiger partial charge in [0, 0.05) is 17.7 Å². The Labute approximate surface area is 328 Å². The lowest BCUT2D eigenvalue weighted by molar-refractivity contribution is -0.140. The molecule has 0 unspecified atom stereocenters. The number of benzene rings is 3. The number of allylic oxidation sites excluding steroid dienone is 2. The summed E-state index contributed by atoms with van der Waals surface area (Å²) in [6, 6.07) is 16.2. The van der Waals surface area contributed by atoms with Crippen molar-refractivity contribution in [3.63, 3.8) is 0 Å². The number of esters is 4. The van der Waals surface area contributed by atoms with Crippen LogP contribution in [0.1, 0.15) is 47.2 Å². The first-order chi connectivity index (χ1) is 27.5. The van der Waals surface area contributed by atoms with Crippen molar-refractivity contribution in [1.29, 1.82) is 0 Å². The quantitative estimate of drug-likeness (QED) is 0.0261. The predicted molar refractivity (Wildman–Crippen MR) is 208 cm³/mol. The van der Waals surface area contributed by atoms with Crippen LogP contribution in [0.5, 0.6) is 11.5 Å². The minimum absolute atomic E-state index is 0.0672. The first-order valence-electron chi connectivity index (χ1n) is 17.8. The molecule has 0 saturated heterocycles. The van der Waals surface area contributed by atoms with E-state index in [0.717, 1.165) is 17.7 Å². The fourth-order valence-corrected chi connectivity index (χ4v) is 4.68. The molecule has 0 N–H and O–H groups in total. The highest BCUT2D eigenvalue weighted by Crippen LogP contribution is 2.27. The standard InChI is InChI=1S/C31H27NO9.C12H14O4/c1-4-27(33)37-15-5-6-16-38-31(36)39-23-13-11-21(12-14-23)28-32-25-17-20(3)26(18-24(25)30(35)41-28)40-29(34)22-9-7-19(2)8-10-22;1-2-11(13)15-8-3-4-9-16-12(14)10-6-5-7-10/h4,7-14,17-18H,1,5-6,15-16H2,2-3H3;2,5-7H,1,3-4,8-9H2. The normalized spacial score (nSPS) is 11.1. The van der Waals surface area contributed by atoms with E-state index in [0.29, 0.717) is 66.7 Å². The summed E-state index contributed by atoms with van der Waals surface area (Å²) in [6.07, 6.45) is 8.85. The Hall–Kier alpha value is -7.09. The number of aromatic nitrogens is 1. The summed E-state index contributed by atoms with van der Waals surface area (Å²) in [4.78, 5) is 74.5. The van der Waals surface area contributed by atoms with Gasteiger partial charge in [-0.2, -0.15) is 0 Å². The van der Waals surface area contributed by atoms with Gasteiger partial charge < -0.3 is 32.8 Å². The van der Waals surface area contributed by atoms with Crippen LogP contribution in [0.25, 0.3) is 22.4 Å². The van der Waals surface area contributed by atoms with Crippen LogP contribution in [0, 0.1) is 13.8 Å². The average Bonchev–Trinajstić information content (AvgIpc) is 3.17. The number of unbranched alkanes of at least 4 members (excludes halogenated alkanes) is 2. The van der Waals surface area contributed by atoms with Crippen molar-refractivity contribution in [2.24, 2.45) is 0 Å². The minimum atomic E-state index is -0.884. The lowest BCUT2D eigenvalue weighted by Gasteiger charge is -2.10. The first-order valence-corrected chi connectivity index (χ1v) is 17.8. The minimum Gasteiger partial charge on any atom is -0.463 e. The van der Waals surface area contributed by atoms with Crippen LogP contribution in [0.3, 0.4) is 0 Å². The Morgan fingerprint density at radius 2 is 1.30 bits per heavy atom. The zero-order chi connectivity index (χ0) is 41.2. The Balaban J connectivity index is 0.000000377. The highest BCUT2D eigenvalue weighted by atomic mass is 16.7. The average molecular weight is 780 g/mol. The first kappa shape index (κ1) is 42.6. The molecule has 0 amide bonds. The van der Waals surface area contributed by atoms with Crippen molar-refractivity contribution in [2.75, 3.05) is 26.4 Å². The SMILES string of the molecule is C=CC(=O)OCCCCOC(=O)C1=CC=C1.C=CC(=O)OCCCCOC(=O)Oc1ccc(-c2nc3cc(C)c(OC(=O)c4ccc(C)cc4)cc3c(=O)o2)cc1. The summed E-state index contributed by atoms with van der Waals surface area (Å²) in [5.41, 5.74) is 2.81. The molecule has 1 aliphatic rings. The van der Waals surface area contributed by atoms with Gasteiger partial charge in [0.1, 0.15) is 11.5 Å². The topological polar surface area (TPSA) is 184 Å². The van der Waals surface area contributed by atoms with Crippen LogP contribution in [-0.2, 0) is 33.3 Å². The fourth-order valence-electron chi connectivity index (χ4n) is 4.68. The highest BCUT2D eigenvalue weighted by molar-refractivity contribution is 5.94. The van der Waals surface area contributed by atoms with Gasteiger partial charge in [0.05, 0.1) is 48.5 Å². The van der Waals surface area contributed by atoms with Crippen molar-refractivity contribution in [2.45, 2.75) is 39.5 Å². The largest absolute Gasteiger partial charge is 0.513 e. The van der Waals surface area contributed by atoms with E-state index in [-0.39, 0.29) is 42.0 Å². The summed E-state index contributed by atoms with van der Waals surface area (Å²) in [7, 11) is 0. The third kappa shape index (κ3) is 13.6. The zero-order valence-electron chi connectivity index (χ0n) is 31.5. The third-order valence-electron chi connectivity index (χ3n) is 7.86. The molecule has 0 spiro atoms. The van der Waals surface area contributed by atoms with Crippen molar-refractivity contribution < 1.29 is 56.8 Å². The maximum Gasteiger partial charge on any atom is 0.513 e. The summed E-state index contributed by atoms with van der Waals surface area (Å²) in [6.45, 7) is 11.2. The van der Waals surface area contributed by atoms with Gasteiger partial charge in [0.15, 0.2) is 0 Å². The van der Waals surface area contributed by atoms with Crippen LogP contribution in [0.15, 0.2) is 119 Å². The van der Waals surface area contributed by atoms with E-state index in [1.54, 1.807) is 55.5 Å². The van der Waals surface area contributed by atoms with E-state index < -0.39 is 29.7 Å². The van der Waals surface area contributed by atoms with Gasteiger partial charge in [-0.3, -0.25) is 0 Å². The van der Waals surface area contributed by atoms with Crippen molar-refractivity contribution in [3.8, 4) is 23.0 Å². The van der Waals surface area contributed by atoms with Crippen LogP contribution in [0.2, 0.25) is 0 Å². The molecule has 296 valence electrons. The molecule has 0 aliphatic heterocycles. The van der Waals surface area contributed by atoms with E-state index in [4.69, 9.17) is 32.8 Å². The molecule has 0 atom stereocenters. The Morgan fingerprint density at radius 1 is 0.719 bits per heavy atom. The lowest BCUT2D eigenvalue weighted by atomic mass is 10.1. The van der Waals surface area contributed by atoms with Crippen molar-refractivity contribution >= 4 is 40.9 Å². The number of fused-ring (bicyclic) bond motifs is 1. The second kappa shape index (κ2) is 21.7. The lowest BCUT2D eigenvalue weighted by Crippen LogP contribution is -2.12. The molecule has 1 aromatic heterocycles. The maximum absolute atomic E-state index is 12.8. The molecule has 0 fully saturated rings. The van der Waals surface area contributed by atoms with Crippen molar-refractivity contribution in [3.05, 3.63) is 137 Å². The van der Waals surface area contributed by atoms with Gasteiger partial charge >= 0.3 is 35.7 Å². The fraction of sp³-hybridized carbons (Fsp3) is 0.233. The second-order valence-electron chi connectivity index (χ2n) is 12.2. The van der Waals surface area contributed by atoms with Crippen LogP contribution >= 0.6 is 0 Å². The number of hydrogen-bond acceptors (Lipinski definition) is 14. The molecule has 3 aromatic carbocycles. The Bertz CT molecular complexity index is 2210. The molecular weight excluding hydrogens is 738 g/mol. The third-order valence-corrected chi connectivity index (χ3v) is 7.86. The Kier molecular flexibility index (Phi) is 16.2. The number of aryl methyl sites for hydroxylation is 2. The molecule has 1 heterocycles. The van der Waals surface area contributed by atoms with Gasteiger partial charge in [-0.05, 0) is 106 Å². The van der Waals surface area contributed by atoms with Gasteiger partial charge in [-0.1, -0.05) is 36.9 Å². The molecule has 14 heteroatoms. The smallest absolute Gasteiger partial charge is 0.463 e. The maximum atomic E-state index is 12.8. The van der Waals surface area contributed by atoms with E-state index in [2.05, 4.69) is 18.1 Å². The van der Waals surface area contributed by atoms with Crippen LogP contribution in [-0.4, -0.2) is 61.4 Å². The number of rotatable bonds is 17. The van der Waals surface area contributed by atoms with Gasteiger partial charge in [0.2, 0.25) is 5.89 Å². The van der Waals surface area contributed by atoms with Crippen LogP contribution in [0.4, 0.5) is 4.79 Å². The molecule has 0 radical (unpaired) electrons. The number of hydrogen-bond donors (Lipinski definition) is 0. The summed E-state index contributed by atoms with van der Waals surface area (Å²) in [5, 5.41) is 0.160. The number of ether oxygens (including phenoxy) is 6. The molecule has 0 saturated carbocycles. The van der Waals surface area contributed by atoms with Crippen LogP contribution < -0.4 is 15.1 Å². The van der Waals surface area contributed by atoms with E-state index >= 15 is 0 Å². The second-order valence-corrected chi connectivity index (χ2v) is 12.2. The Morgan fingerprint density at radius 3 is 1.86 bits per heavy atom. The van der Waals surface area contributed by atoms with E-state index in [9.17, 15) is 28.8 Å².